The number of hydrogen-bond acceptors (Lipinski definition) is 5. The van der Waals surface area contributed by atoms with Crippen LogP contribution < -0.4 is 15.4 Å². The standard InChI is InChI=1S/C22H21N3O4/c1-28-12-22(27)25-19-9-16-15(10-21(26)24-18(16)11-20(19)29-2)13-7-8-23-17-6-4-3-5-14(13)17/h3-9,11,15H,10,12H2,1-2H3,(H,24,26)(H,25,27). The normalized spacial score (nSPS) is 15.5. The number of rotatable bonds is 5. The summed E-state index contributed by atoms with van der Waals surface area (Å²) in [5, 5.41) is 6.74. The molecule has 7 nitrogen and oxygen atoms in total. The number of anilines is 2. The van der Waals surface area contributed by atoms with E-state index >= 15 is 0 Å². The first-order chi connectivity index (χ1) is 14.1. The van der Waals surface area contributed by atoms with Gasteiger partial charge in [0.25, 0.3) is 0 Å². The van der Waals surface area contributed by atoms with Crippen LogP contribution in [-0.4, -0.2) is 37.6 Å². The molecule has 0 spiro atoms. The van der Waals surface area contributed by atoms with E-state index in [0.29, 0.717) is 23.5 Å². The van der Waals surface area contributed by atoms with Crippen LogP contribution in [0.4, 0.5) is 11.4 Å². The molecule has 0 fully saturated rings. The highest BCUT2D eigenvalue weighted by molar-refractivity contribution is 5.99. The summed E-state index contributed by atoms with van der Waals surface area (Å²) in [5.41, 5.74) is 4.02. The van der Waals surface area contributed by atoms with Crippen molar-refractivity contribution in [3.8, 4) is 5.75 Å². The third-order valence-corrected chi connectivity index (χ3v) is 5.02. The fourth-order valence-corrected chi connectivity index (χ4v) is 3.77. The average Bonchev–Trinajstić information content (AvgIpc) is 2.72. The summed E-state index contributed by atoms with van der Waals surface area (Å²) >= 11 is 0. The van der Waals surface area contributed by atoms with Crippen LogP contribution in [0.25, 0.3) is 10.9 Å². The van der Waals surface area contributed by atoms with Gasteiger partial charge in [0.05, 0.1) is 18.3 Å². The second kappa shape index (κ2) is 7.89. The maximum Gasteiger partial charge on any atom is 0.250 e. The van der Waals surface area contributed by atoms with Gasteiger partial charge in [0.1, 0.15) is 12.4 Å². The minimum absolute atomic E-state index is 0.0601. The molecule has 0 radical (unpaired) electrons. The number of nitrogens with zero attached hydrogens (tertiary/aromatic N) is 1. The zero-order valence-corrected chi connectivity index (χ0v) is 16.2. The number of hydrogen-bond donors (Lipinski definition) is 2. The van der Waals surface area contributed by atoms with Crippen LogP contribution in [0.5, 0.6) is 5.75 Å². The van der Waals surface area contributed by atoms with Crippen molar-refractivity contribution in [1.29, 1.82) is 0 Å². The van der Waals surface area contributed by atoms with Gasteiger partial charge in [-0.2, -0.15) is 0 Å². The Morgan fingerprint density at radius 2 is 2.03 bits per heavy atom. The predicted molar refractivity (Wildman–Crippen MR) is 110 cm³/mol. The largest absolute Gasteiger partial charge is 0.494 e. The number of aromatic nitrogens is 1. The van der Waals surface area contributed by atoms with Gasteiger partial charge < -0.3 is 20.1 Å². The van der Waals surface area contributed by atoms with Gasteiger partial charge in [0.15, 0.2) is 0 Å². The second-order valence-corrected chi connectivity index (χ2v) is 6.84. The van der Waals surface area contributed by atoms with Gasteiger partial charge >= 0.3 is 0 Å². The Balaban J connectivity index is 1.84. The van der Waals surface area contributed by atoms with E-state index in [1.54, 1.807) is 12.3 Å². The molecule has 1 aliphatic heterocycles. The Hall–Kier alpha value is -3.45. The summed E-state index contributed by atoms with van der Waals surface area (Å²) in [4.78, 5) is 28.9. The Kier molecular flexibility index (Phi) is 5.14. The van der Waals surface area contributed by atoms with E-state index in [0.717, 1.165) is 22.0 Å². The van der Waals surface area contributed by atoms with Crippen LogP contribution in [0.15, 0.2) is 48.7 Å². The summed E-state index contributed by atoms with van der Waals surface area (Å²) < 4.78 is 10.3. The van der Waals surface area contributed by atoms with Crippen LogP contribution in [0.3, 0.4) is 0 Å². The van der Waals surface area contributed by atoms with Crippen LogP contribution >= 0.6 is 0 Å². The van der Waals surface area contributed by atoms with Crippen molar-refractivity contribution >= 4 is 34.1 Å². The van der Waals surface area contributed by atoms with Crippen molar-refractivity contribution in [3.63, 3.8) is 0 Å². The maximum absolute atomic E-state index is 12.4. The van der Waals surface area contributed by atoms with E-state index in [4.69, 9.17) is 9.47 Å². The topological polar surface area (TPSA) is 89.5 Å². The molecule has 2 N–H and O–H groups in total. The number of ether oxygens (including phenoxy) is 2. The number of pyridine rings is 1. The molecule has 2 heterocycles. The number of benzene rings is 2. The lowest BCUT2D eigenvalue weighted by Crippen LogP contribution is -2.24. The molecule has 29 heavy (non-hydrogen) atoms. The summed E-state index contributed by atoms with van der Waals surface area (Å²) in [6.45, 7) is -0.0601. The molecule has 1 aromatic heterocycles. The molecule has 0 saturated carbocycles. The fraction of sp³-hybridized carbons (Fsp3) is 0.227. The average molecular weight is 391 g/mol. The molecular weight excluding hydrogens is 370 g/mol. The summed E-state index contributed by atoms with van der Waals surface area (Å²) in [5.74, 6) is -0.0532. The Labute approximate surface area is 168 Å². The minimum Gasteiger partial charge on any atom is -0.494 e. The zero-order chi connectivity index (χ0) is 20.4. The number of para-hydroxylation sites is 1. The minimum atomic E-state index is -0.281. The molecule has 3 aromatic rings. The molecule has 7 heteroatoms. The van der Waals surface area contributed by atoms with Crippen molar-refractivity contribution in [2.24, 2.45) is 0 Å². The van der Waals surface area contributed by atoms with E-state index in [-0.39, 0.29) is 24.3 Å². The molecule has 0 aliphatic carbocycles. The molecule has 0 bridgehead atoms. The quantitative estimate of drug-likeness (QED) is 0.697. The lowest BCUT2D eigenvalue weighted by Gasteiger charge is -2.28. The van der Waals surface area contributed by atoms with Crippen molar-refractivity contribution in [3.05, 3.63) is 59.8 Å². The SMILES string of the molecule is COCC(=O)Nc1cc2c(cc1OC)NC(=O)CC2c1ccnc2ccccc12. The number of nitrogens with one attached hydrogen (secondary N) is 2. The van der Waals surface area contributed by atoms with Gasteiger partial charge in [-0.25, -0.2) is 0 Å². The van der Waals surface area contributed by atoms with E-state index < -0.39 is 0 Å². The van der Waals surface area contributed by atoms with Crippen LogP contribution in [0.2, 0.25) is 0 Å². The highest BCUT2D eigenvalue weighted by atomic mass is 16.5. The number of amides is 2. The number of fused-ring (bicyclic) bond motifs is 2. The molecule has 1 unspecified atom stereocenters. The third-order valence-electron chi connectivity index (χ3n) is 5.02. The van der Waals surface area contributed by atoms with Gasteiger partial charge in [-0.05, 0) is 29.3 Å². The molecule has 1 aliphatic rings. The van der Waals surface area contributed by atoms with Crippen molar-refractivity contribution < 1.29 is 19.1 Å². The third kappa shape index (κ3) is 3.64. The smallest absolute Gasteiger partial charge is 0.250 e. The van der Waals surface area contributed by atoms with Crippen molar-refractivity contribution in [2.45, 2.75) is 12.3 Å². The summed E-state index contributed by atoms with van der Waals surface area (Å²) in [7, 11) is 2.98. The predicted octanol–water partition coefficient (Wildman–Crippen LogP) is 3.30. The lowest BCUT2D eigenvalue weighted by molar-refractivity contribution is -0.119. The molecule has 4 rings (SSSR count). The Morgan fingerprint density at radius 3 is 2.83 bits per heavy atom. The highest BCUT2D eigenvalue weighted by Gasteiger charge is 2.29. The molecule has 0 saturated heterocycles. The first-order valence-corrected chi connectivity index (χ1v) is 9.25. The van der Waals surface area contributed by atoms with Crippen LogP contribution in [0, 0.1) is 0 Å². The number of methoxy groups -OCH3 is 2. The number of carbonyl (C=O) groups excluding carboxylic acids is 2. The first-order valence-electron chi connectivity index (χ1n) is 9.25. The summed E-state index contributed by atoms with van der Waals surface area (Å²) in [6, 6.07) is 13.4. The molecular formula is C22H21N3O4. The van der Waals surface area contributed by atoms with E-state index in [9.17, 15) is 9.59 Å². The van der Waals surface area contributed by atoms with Gasteiger partial charge in [0, 0.05) is 42.8 Å². The first kappa shape index (κ1) is 18.9. The van der Waals surface area contributed by atoms with Crippen LogP contribution in [0.1, 0.15) is 23.5 Å². The highest BCUT2D eigenvalue weighted by Crippen LogP contribution is 2.43. The van der Waals surface area contributed by atoms with Gasteiger partial charge in [-0.3, -0.25) is 14.6 Å². The zero-order valence-electron chi connectivity index (χ0n) is 16.2. The van der Waals surface area contributed by atoms with E-state index in [1.165, 1.54) is 14.2 Å². The monoisotopic (exact) mass is 391 g/mol. The fourth-order valence-electron chi connectivity index (χ4n) is 3.77. The molecule has 2 aromatic carbocycles. The lowest BCUT2D eigenvalue weighted by atomic mass is 9.83. The molecule has 2 amide bonds. The Morgan fingerprint density at radius 1 is 1.21 bits per heavy atom. The van der Waals surface area contributed by atoms with Crippen molar-refractivity contribution in [2.75, 3.05) is 31.5 Å². The number of carbonyl (C=O) groups is 2. The molecule has 1 atom stereocenters. The van der Waals surface area contributed by atoms with Gasteiger partial charge in [-0.1, -0.05) is 18.2 Å². The Bertz CT molecular complexity index is 1090. The van der Waals surface area contributed by atoms with Crippen LogP contribution in [-0.2, 0) is 14.3 Å². The van der Waals surface area contributed by atoms with Crippen molar-refractivity contribution in [1.82, 2.24) is 4.98 Å². The van der Waals surface area contributed by atoms with Gasteiger partial charge in [0.2, 0.25) is 11.8 Å². The van der Waals surface area contributed by atoms with E-state index in [1.807, 2.05) is 36.4 Å². The second-order valence-electron chi connectivity index (χ2n) is 6.84. The van der Waals surface area contributed by atoms with E-state index in [2.05, 4.69) is 15.6 Å². The molecule has 148 valence electrons. The van der Waals surface area contributed by atoms with Gasteiger partial charge in [-0.15, -0.1) is 0 Å². The summed E-state index contributed by atoms with van der Waals surface area (Å²) in [6.07, 6.45) is 2.06. The maximum atomic E-state index is 12.4.